The van der Waals surface area contributed by atoms with E-state index in [0.29, 0.717) is 6.42 Å². The molecule has 1 aliphatic heterocycles. The third-order valence-electron chi connectivity index (χ3n) is 3.59. The highest BCUT2D eigenvalue weighted by Gasteiger charge is 2.44. The summed E-state index contributed by atoms with van der Waals surface area (Å²) in [4.78, 5) is 10.9. The molecule has 0 spiro atoms. The van der Waals surface area contributed by atoms with Crippen molar-refractivity contribution in [2.45, 2.75) is 30.8 Å². The molecule has 0 bridgehead atoms. The lowest BCUT2D eigenvalue weighted by atomic mass is 9.91. The summed E-state index contributed by atoms with van der Waals surface area (Å²) in [6.45, 7) is -0.357. The zero-order valence-corrected chi connectivity index (χ0v) is 10.8. The van der Waals surface area contributed by atoms with E-state index in [9.17, 15) is 15.0 Å². The minimum atomic E-state index is -1.11. The molecule has 1 aliphatic carbocycles. The molecule has 0 amide bonds. The normalized spacial score (nSPS) is 37.4. The Kier molecular flexibility index (Phi) is 4.72. The van der Waals surface area contributed by atoms with Crippen molar-refractivity contribution < 1.29 is 30.0 Å². The van der Waals surface area contributed by atoms with Crippen molar-refractivity contribution in [3.8, 4) is 0 Å². The monoisotopic (exact) mass is 282 g/mol. The quantitative estimate of drug-likeness (QED) is 0.561. The van der Waals surface area contributed by atoms with Crippen LogP contribution in [0.15, 0.2) is 36.0 Å². The lowest BCUT2D eigenvalue weighted by Crippen LogP contribution is -2.36. The first kappa shape index (κ1) is 14.9. The Morgan fingerprint density at radius 1 is 1.35 bits per heavy atom. The van der Waals surface area contributed by atoms with Crippen LogP contribution in [0.25, 0.3) is 0 Å². The summed E-state index contributed by atoms with van der Waals surface area (Å²) >= 11 is 0. The van der Waals surface area contributed by atoms with Gasteiger partial charge in [0.2, 0.25) is 0 Å². The Morgan fingerprint density at radius 2 is 2.10 bits per heavy atom. The molecular weight excluding hydrogens is 264 g/mol. The Labute approximate surface area is 116 Å². The lowest BCUT2D eigenvalue weighted by Gasteiger charge is -2.22. The number of hydrogen-bond acceptors (Lipinski definition) is 5. The number of allylic oxidation sites excluding steroid dienone is 3. The molecule has 5 atom stereocenters. The van der Waals surface area contributed by atoms with E-state index in [1.165, 1.54) is 12.2 Å². The average Bonchev–Trinajstić information content (AvgIpc) is 2.66. The molecule has 0 aromatic heterocycles. The van der Waals surface area contributed by atoms with Crippen LogP contribution in [0.3, 0.4) is 0 Å². The SMILES string of the molecule is O=C(O)C1=CC=CC([C@@H]2O[C@H](CO)C(O)C2O)CC=C1. The van der Waals surface area contributed by atoms with E-state index >= 15 is 0 Å². The number of carboxylic acid groups (broad SMARTS) is 1. The molecule has 0 aromatic carbocycles. The first-order chi connectivity index (χ1) is 9.54. The lowest BCUT2D eigenvalue weighted by molar-refractivity contribution is -0.132. The van der Waals surface area contributed by atoms with Crippen LogP contribution in [0.5, 0.6) is 0 Å². The van der Waals surface area contributed by atoms with Gasteiger partial charge < -0.3 is 25.2 Å². The van der Waals surface area contributed by atoms with Gasteiger partial charge in [-0.3, -0.25) is 0 Å². The fourth-order valence-electron chi connectivity index (χ4n) is 2.46. The Bertz CT molecular complexity index is 453. The molecule has 20 heavy (non-hydrogen) atoms. The largest absolute Gasteiger partial charge is 0.478 e. The molecule has 1 saturated heterocycles. The van der Waals surface area contributed by atoms with Crippen LogP contribution in [-0.2, 0) is 9.53 Å². The fourth-order valence-corrected chi connectivity index (χ4v) is 2.46. The highest BCUT2D eigenvalue weighted by molar-refractivity contribution is 5.90. The number of aliphatic hydroxyl groups is 3. The van der Waals surface area contributed by atoms with Crippen molar-refractivity contribution in [1.82, 2.24) is 0 Å². The van der Waals surface area contributed by atoms with Crippen molar-refractivity contribution in [1.29, 1.82) is 0 Å². The van der Waals surface area contributed by atoms with Gasteiger partial charge in [0.25, 0.3) is 0 Å². The minimum absolute atomic E-state index is 0.181. The molecule has 1 heterocycles. The fraction of sp³-hybridized carbons (Fsp3) is 0.500. The van der Waals surface area contributed by atoms with Crippen LogP contribution < -0.4 is 0 Å². The van der Waals surface area contributed by atoms with Gasteiger partial charge in [0.1, 0.15) is 18.3 Å². The van der Waals surface area contributed by atoms with Crippen molar-refractivity contribution in [2.75, 3.05) is 6.61 Å². The van der Waals surface area contributed by atoms with Crippen LogP contribution in [-0.4, -0.2) is 57.4 Å². The van der Waals surface area contributed by atoms with E-state index in [-0.39, 0.29) is 18.1 Å². The van der Waals surface area contributed by atoms with Crippen LogP contribution in [0.4, 0.5) is 0 Å². The predicted octanol–water partition coefficient (Wildman–Crippen LogP) is -0.389. The van der Waals surface area contributed by atoms with Crippen LogP contribution >= 0.6 is 0 Å². The molecule has 4 N–H and O–H groups in total. The van der Waals surface area contributed by atoms with E-state index in [1.807, 2.05) is 0 Å². The maximum absolute atomic E-state index is 10.9. The van der Waals surface area contributed by atoms with Gasteiger partial charge in [0.05, 0.1) is 18.3 Å². The molecular formula is C14H18O6. The van der Waals surface area contributed by atoms with E-state index in [2.05, 4.69) is 0 Å². The number of aliphatic carboxylic acids is 1. The van der Waals surface area contributed by atoms with Crippen molar-refractivity contribution in [2.24, 2.45) is 5.92 Å². The summed E-state index contributed by atoms with van der Waals surface area (Å²) in [5, 5.41) is 37.7. The summed E-state index contributed by atoms with van der Waals surface area (Å²) in [6, 6.07) is 0. The maximum Gasteiger partial charge on any atom is 0.335 e. The van der Waals surface area contributed by atoms with Gasteiger partial charge in [-0.15, -0.1) is 0 Å². The van der Waals surface area contributed by atoms with Gasteiger partial charge in [-0.25, -0.2) is 4.79 Å². The summed E-state index contributed by atoms with van der Waals surface area (Å²) in [6.07, 6.45) is 4.89. The number of carboxylic acids is 1. The Morgan fingerprint density at radius 3 is 2.70 bits per heavy atom. The highest BCUT2D eigenvalue weighted by Crippen LogP contribution is 2.30. The van der Waals surface area contributed by atoms with Crippen molar-refractivity contribution in [3.05, 3.63) is 36.0 Å². The Hall–Kier alpha value is -1.47. The number of hydrogen-bond donors (Lipinski definition) is 4. The second-order valence-electron chi connectivity index (χ2n) is 4.92. The Balaban J connectivity index is 2.12. The first-order valence-electron chi connectivity index (χ1n) is 6.45. The van der Waals surface area contributed by atoms with E-state index < -0.39 is 30.4 Å². The number of ether oxygens (including phenoxy) is 1. The summed E-state index contributed by atoms with van der Waals surface area (Å²) in [5.41, 5.74) is 0.181. The van der Waals surface area contributed by atoms with E-state index in [4.69, 9.17) is 14.9 Å². The molecule has 2 rings (SSSR count). The highest BCUT2D eigenvalue weighted by atomic mass is 16.6. The van der Waals surface area contributed by atoms with Gasteiger partial charge in [-0.2, -0.15) is 0 Å². The third kappa shape index (κ3) is 2.99. The number of rotatable bonds is 3. The first-order valence-corrected chi connectivity index (χ1v) is 6.45. The predicted molar refractivity (Wildman–Crippen MR) is 69.9 cm³/mol. The molecule has 3 unspecified atom stereocenters. The van der Waals surface area contributed by atoms with E-state index in [0.717, 1.165) is 0 Å². The number of aliphatic hydroxyl groups excluding tert-OH is 3. The van der Waals surface area contributed by atoms with Crippen LogP contribution in [0.2, 0.25) is 0 Å². The van der Waals surface area contributed by atoms with Gasteiger partial charge in [-0.05, 0) is 12.5 Å². The van der Waals surface area contributed by atoms with Gasteiger partial charge >= 0.3 is 5.97 Å². The maximum atomic E-state index is 10.9. The summed E-state index contributed by atoms with van der Waals surface area (Å²) in [7, 11) is 0. The van der Waals surface area contributed by atoms with Crippen LogP contribution in [0.1, 0.15) is 6.42 Å². The molecule has 6 heteroatoms. The van der Waals surface area contributed by atoms with Gasteiger partial charge in [0.15, 0.2) is 0 Å². The van der Waals surface area contributed by atoms with Gasteiger partial charge in [-0.1, -0.05) is 24.3 Å². The molecule has 6 nitrogen and oxygen atoms in total. The summed E-state index contributed by atoms with van der Waals surface area (Å²) in [5.74, 6) is -1.20. The molecule has 110 valence electrons. The molecule has 2 aliphatic rings. The van der Waals surface area contributed by atoms with Crippen molar-refractivity contribution in [3.63, 3.8) is 0 Å². The smallest absolute Gasteiger partial charge is 0.335 e. The average molecular weight is 282 g/mol. The zero-order chi connectivity index (χ0) is 14.7. The molecule has 0 radical (unpaired) electrons. The molecule has 0 saturated carbocycles. The second-order valence-corrected chi connectivity index (χ2v) is 4.92. The topological polar surface area (TPSA) is 107 Å². The van der Waals surface area contributed by atoms with E-state index in [1.54, 1.807) is 18.2 Å². The van der Waals surface area contributed by atoms with Crippen LogP contribution in [0, 0.1) is 5.92 Å². The zero-order valence-electron chi connectivity index (χ0n) is 10.8. The number of carbonyl (C=O) groups is 1. The standard InChI is InChI=1S/C14H18O6/c15-7-10-11(16)12(17)13(20-10)8-3-1-5-9(14(18)19)6-2-4-8/h1-3,5-6,8,10-13,15-17H,4,7H2,(H,18,19)/t8?,10-,11?,12?,13+/m1/s1. The van der Waals surface area contributed by atoms with Gasteiger partial charge in [0, 0.05) is 5.92 Å². The third-order valence-corrected chi connectivity index (χ3v) is 3.59. The van der Waals surface area contributed by atoms with Crippen molar-refractivity contribution >= 4 is 5.97 Å². The second kappa shape index (κ2) is 6.32. The molecule has 0 aromatic rings. The summed E-state index contributed by atoms with van der Waals surface area (Å²) < 4.78 is 5.47. The molecule has 1 fully saturated rings. The minimum Gasteiger partial charge on any atom is -0.478 e.